The van der Waals surface area contributed by atoms with E-state index in [0.717, 1.165) is 25.8 Å². The van der Waals surface area contributed by atoms with Crippen LogP contribution in [0.15, 0.2) is 24.3 Å². The van der Waals surface area contributed by atoms with Gasteiger partial charge in [-0.25, -0.2) is 0 Å². The quantitative estimate of drug-likeness (QED) is 0.893. The predicted molar refractivity (Wildman–Crippen MR) is 89.7 cm³/mol. The van der Waals surface area contributed by atoms with Gasteiger partial charge in [0.1, 0.15) is 0 Å². The molecular formula is C18H30N2O. The minimum atomic E-state index is -0.189. The SMILES string of the molecule is CN(c1ccc(CNC(C)(C)C)cc1)C1CCCCC1O. The Morgan fingerprint density at radius 2 is 1.76 bits per heavy atom. The molecule has 1 aromatic carbocycles. The maximum atomic E-state index is 10.2. The molecule has 1 aliphatic carbocycles. The molecule has 21 heavy (non-hydrogen) atoms. The van der Waals surface area contributed by atoms with Gasteiger partial charge in [0.15, 0.2) is 0 Å². The molecule has 1 aliphatic rings. The molecule has 0 amide bonds. The van der Waals surface area contributed by atoms with Crippen molar-refractivity contribution in [2.24, 2.45) is 0 Å². The van der Waals surface area contributed by atoms with Gasteiger partial charge >= 0.3 is 0 Å². The number of likely N-dealkylation sites (N-methyl/N-ethyl adjacent to an activating group) is 1. The van der Waals surface area contributed by atoms with Crippen LogP contribution in [-0.4, -0.2) is 29.8 Å². The van der Waals surface area contributed by atoms with E-state index in [1.165, 1.54) is 17.7 Å². The van der Waals surface area contributed by atoms with E-state index in [1.807, 2.05) is 0 Å². The van der Waals surface area contributed by atoms with Crippen molar-refractivity contribution in [2.75, 3.05) is 11.9 Å². The standard InChI is InChI=1S/C18H30N2O/c1-18(2,3)19-13-14-9-11-15(12-10-14)20(4)16-7-5-6-8-17(16)21/h9-12,16-17,19,21H,5-8,13H2,1-4H3. The van der Waals surface area contributed by atoms with Gasteiger partial charge in [-0.1, -0.05) is 25.0 Å². The van der Waals surface area contributed by atoms with Gasteiger partial charge in [0, 0.05) is 24.8 Å². The Hall–Kier alpha value is -1.06. The molecule has 3 nitrogen and oxygen atoms in total. The zero-order valence-corrected chi connectivity index (χ0v) is 13.9. The highest BCUT2D eigenvalue weighted by Gasteiger charge is 2.26. The fourth-order valence-electron chi connectivity index (χ4n) is 2.95. The van der Waals surface area contributed by atoms with Crippen molar-refractivity contribution in [3.05, 3.63) is 29.8 Å². The average Bonchev–Trinajstić information content (AvgIpc) is 2.45. The molecule has 0 saturated heterocycles. The number of hydrogen-bond donors (Lipinski definition) is 2. The fourth-order valence-corrected chi connectivity index (χ4v) is 2.95. The van der Waals surface area contributed by atoms with Gasteiger partial charge in [0.05, 0.1) is 12.1 Å². The third kappa shape index (κ3) is 4.72. The van der Waals surface area contributed by atoms with Gasteiger partial charge in [-0.3, -0.25) is 0 Å². The lowest BCUT2D eigenvalue weighted by Crippen LogP contribution is -2.43. The highest BCUT2D eigenvalue weighted by atomic mass is 16.3. The van der Waals surface area contributed by atoms with Crippen LogP contribution >= 0.6 is 0 Å². The molecule has 2 rings (SSSR count). The molecule has 3 heteroatoms. The summed E-state index contributed by atoms with van der Waals surface area (Å²) >= 11 is 0. The van der Waals surface area contributed by atoms with E-state index in [4.69, 9.17) is 0 Å². The third-order valence-corrected chi connectivity index (χ3v) is 4.36. The van der Waals surface area contributed by atoms with Crippen LogP contribution in [0.25, 0.3) is 0 Å². The Balaban J connectivity index is 1.97. The summed E-state index contributed by atoms with van der Waals surface area (Å²) in [5.74, 6) is 0. The summed E-state index contributed by atoms with van der Waals surface area (Å²) in [6, 6.07) is 8.96. The number of aliphatic hydroxyl groups excluding tert-OH is 1. The minimum Gasteiger partial charge on any atom is -0.391 e. The number of nitrogens with zero attached hydrogens (tertiary/aromatic N) is 1. The zero-order chi connectivity index (χ0) is 15.5. The molecule has 0 aliphatic heterocycles. The van der Waals surface area contributed by atoms with Crippen LogP contribution in [0.4, 0.5) is 5.69 Å². The van der Waals surface area contributed by atoms with E-state index in [1.54, 1.807) is 0 Å². The van der Waals surface area contributed by atoms with Crippen molar-refractivity contribution in [1.29, 1.82) is 0 Å². The number of anilines is 1. The Labute approximate surface area is 129 Å². The summed E-state index contributed by atoms with van der Waals surface area (Å²) in [6.45, 7) is 7.43. The van der Waals surface area contributed by atoms with E-state index in [-0.39, 0.29) is 17.7 Å². The summed E-state index contributed by atoms with van der Waals surface area (Å²) in [5.41, 5.74) is 2.63. The van der Waals surface area contributed by atoms with Crippen LogP contribution in [0, 0.1) is 0 Å². The van der Waals surface area contributed by atoms with Crippen molar-refractivity contribution in [2.45, 2.75) is 70.7 Å². The van der Waals surface area contributed by atoms with E-state index in [9.17, 15) is 5.11 Å². The largest absolute Gasteiger partial charge is 0.391 e. The minimum absolute atomic E-state index is 0.141. The summed E-state index contributed by atoms with van der Waals surface area (Å²) in [7, 11) is 2.10. The number of hydrogen-bond acceptors (Lipinski definition) is 3. The number of benzene rings is 1. The second-order valence-corrected chi connectivity index (χ2v) is 7.30. The Morgan fingerprint density at radius 1 is 1.14 bits per heavy atom. The molecule has 1 fully saturated rings. The molecule has 118 valence electrons. The van der Waals surface area contributed by atoms with E-state index < -0.39 is 0 Å². The molecule has 0 aromatic heterocycles. The molecule has 1 aromatic rings. The van der Waals surface area contributed by atoms with Crippen LogP contribution in [0.5, 0.6) is 0 Å². The predicted octanol–water partition coefficient (Wildman–Crippen LogP) is 3.31. The van der Waals surface area contributed by atoms with Gasteiger partial charge in [-0.05, 0) is 51.3 Å². The highest BCUT2D eigenvalue weighted by Crippen LogP contribution is 2.26. The maximum Gasteiger partial charge on any atom is 0.0743 e. The van der Waals surface area contributed by atoms with Gasteiger partial charge in [-0.2, -0.15) is 0 Å². The molecule has 1 saturated carbocycles. The van der Waals surface area contributed by atoms with Crippen LogP contribution in [0.1, 0.15) is 52.0 Å². The Morgan fingerprint density at radius 3 is 2.33 bits per heavy atom. The van der Waals surface area contributed by atoms with Crippen molar-refractivity contribution >= 4 is 5.69 Å². The van der Waals surface area contributed by atoms with Crippen LogP contribution < -0.4 is 10.2 Å². The van der Waals surface area contributed by atoms with Gasteiger partial charge < -0.3 is 15.3 Å². The molecule has 0 spiro atoms. The monoisotopic (exact) mass is 290 g/mol. The van der Waals surface area contributed by atoms with Crippen LogP contribution in [-0.2, 0) is 6.54 Å². The second-order valence-electron chi connectivity index (χ2n) is 7.30. The molecular weight excluding hydrogens is 260 g/mol. The second kappa shape index (κ2) is 6.80. The van der Waals surface area contributed by atoms with Crippen molar-refractivity contribution in [3.8, 4) is 0 Å². The van der Waals surface area contributed by atoms with Crippen molar-refractivity contribution in [3.63, 3.8) is 0 Å². The fraction of sp³-hybridized carbons (Fsp3) is 0.667. The number of aliphatic hydroxyl groups is 1. The van der Waals surface area contributed by atoms with E-state index in [2.05, 4.69) is 62.3 Å². The smallest absolute Gasteiger partial charge is 0.0743 e. The van der Waals surface area contributed by atoms with Crippen LogP contribution in [0.3, 0.4) is 0 Å². The lowest BCUT2D eigenvalue weighted by atomic mass is 9.91. The Bertz CT molecular complexity index is 436. The summed E-state index contributed by atoms with van der Waals surface area (Å²) in [6.07, 6.45) is 4.21. The first-order chi connectivity index (χ1) is 9.87. The first kappa shape index (κ1) is 16.3. The zero-order valence-electron chi connectivity index (χ0n) is 13.9. The van der Waals surface area contributed by atoms with E-state index >= 15 is 0 Å². The average molecular weight is 290 g/mol. The van der Waals surface area contributed by atoms with Crippen molar-refractivity contribution < 1.29 is 5.11 Å². The molecule has 2 atom stereocenters. The lowest BCUT2D eigenvalue weighted by Gasteiger charge is -2.36. The molecule has 2 unspecified atom stereocenters. The first-order valence-electron chi connectivity index (χ1n) is 8.12. The van der Waals surface area contributed by atoms with E-state index in [0.29, 0.717) is 0 Å². The molecule has 2 N–H and O–H groups in total. The molecule has 0 heterocycles. The van der Waals surface area contributed by atoms with Gasteiger partial charge in [-0.15, -0.1) is 0 Å². The Kier molecular flexibility index (Phi) is 5.28. The number of nitrogens with one attached hydrogen (secondary N) is 1. The topological polar surface area (TPSA) is 35.5 Å². The first-order valence-corrected chi connectivity index (χ1v) is 8.12. The third-order valence-electron chi connectivity index (χ3n) is 4.36. The summed E-state index contributed by atoms with van der Waals surface area (Å²) < 4.78 is 0. The van der Waals surface area contributed by atoms with Gasteiger partial charge in [0.2, 0.25) is 0 Å². The van der Waals surface area contributed by atoms with Crippen LogP contribution in [0.2, 0.25) is 0 Å². The summed E-state index contributed by atoms with van der Waals surface area (Å²) in [4.78, 5) is 2.24. The lowest BCUT2D eigenvalue weighted by molar-refractivity contribution is 0.106. The summed E-state index contributed by atoms with van der Waals surface area (Å²) in [5, 5.41) is 13.7. The molecule has 0 radical (unpaired) electrons. The van der Waals surface area contributed by atoms with Crippen molar-refractivity contribution in [1.82, 2.24) is 5.32 Å². The maximum absolute atomic E-state index is 10.2. The normalized spacial score (nSPS) is 23.1. The highest BCUT2D eigenvalue weighted by molar-refractivity contribution is 5.48. The molecule has 0 bridgehead atoms. The number of rotatable bonds is 4. The van der Waals surface area contributed by atoms with Gasteiger partial charge in [0.25, 0.3) is 0 Å².